The minimum absolute atomic E-state index is 0.131. The number of sulfone groups is 1. The van der Waals surface area contributed by atoms with Gasteiger partial charge in [0.15, 0.2) is 15.6 Å². The maximum Gasteiger partial charge on any atom is 0.254 e. The van der Waals surface area contributed by atoms with Crippen molar-refractivity contribution in [1.82, 2.24) is 4.90 Å². The summed E-state index contributed by atoms with van der Waals surface area (Å²) in [7, 11) is -1.93. The van der Waals surface area contributed by atoms with Gasteiger partial charge >= 0.3 is 0 Å². The molecule has 0 bridgehead atoms. The second kappa shape index (κ2) is 9.54. The number of hydrogen-bond donors (Lipinski definition) is 0. The third-order valence-corrected chi connectivity index (χ3v) is 7.96. The van der Waals surface area contributed by atoms with E-state index in [4.69, 9.17) is 27.9 Å². The number of halogens is 2. The molecule has 0 atom stereocenters. The highest BCUT2D eigenvalue weighted by atomic mass is 35.5. The number of benzene rings is 2. The number of rotatable bonds is 5. The number of anilines is 1. The molecule has 2 heterocycles. The number of amides is 1. The second-order valence-electron chi connectivity index (χ2n) is 7.71. The highest BCUT2D eigenvalue weighted by Gasteiger charge is 2.26. The van der Waals surface area contributed by atoms with E-state index >= 15 is 0 Å². The van der Waals surface area contributed by atoms with Crippen LogP contribution >= 0.6 is 34.5 Å². The first-order chi connectivity index (χ1) is 15.7. The quantitative estimate of drug-likeness (QED) is 0.464. The van der Waals surface area contributed by atoms with Gasteiger partial charge in [-0.2, -0.15) is 11.3 Å². The fourth-order valence-corrected chi connectivity index (χ4v) is 5.80. The SMILES string of the molecule is COc1c(Cl)cc(N2CCN(C(=O)c3cc(S(C)(=O)=O)ccc3-c3ccsc3)CC2)cc1Cl. The number of nitrogens with zero attached hydrogens (tertiary/aromatic N) is 2. The molecule has 1 fully saturated rings. The summed E-state index contributed by atoms with van der Waals surface area (Å²) in [5.41, 5.74) is 2.87. The number of carbonyl (C=O) groups is 1. The zero-order chi connectivity index (χ0) is 23.8. The van der Waals surface area contributed by atoms with E-state index in [2.05, 4.69) is 4.90 Å². The van der Waals surface area contributed by atoms with E-state index in [0.29, 0.717) is 47.5 Å². The largest absolute Gasteiger partial charge is 0.494 e. The first-order valence-corrected chi connectivity index (χ1v) is 13.7. The summed E-state index contributed by atoms with van der Waals surface area (Å²) in [6, 6.07) is 10.3. The van der Waals surface area contributed by atoms with Gasteiger partial charge in [-0.25, -0.2) is 8.42 Å². The van der Waals surface area contributed by atoms with Crippen LogP contribution in [0.2, 0.25) is 10.0 Å². The third-order valence-electron chi connectivity index (χ3n) is 5.60. The van der Waals surface area contributed by atoms with Crippen molar-refractivity contribution in [2.24, 2.45) is 0 Å². The van der Waals surface area contributed by atoms with Crippen LogP contribution in [-0.4, -0.2) is 58.8 Å². The van der Waals surface area contributed by atoms with Crippen molar-refractivity contribution in [2.75, 3.05) is 44.4 Å². The van der Waals surface area contributed by atoms with E-state index in [0.717, 1.165) is 23.1 Å². The van der Waals surface area contributed by atoms with Crippen molar-refractivity contribution >= 4 is 56.0 Å². The third kappa shape index (κ3) is 4.99. The molecule has 33 heavy (non-hydrogen) atoms. The van der Waals surface area contributed by atoms with Crippen molar-refractivity contribution in [3.8, 4) is 16.9 Å². The lowest BCUT2D eigenvalue weighted by Crippen LogP contribution is -2.49. The molecule has 0 saturated carbocycles. The molecule has 1 aliphatic heterocycles. The topological polar surface area (TPSA) is 66.9 Å². The zero-order valence-electron chi connectivity index (χ0n) is 18.0. The average Bonchev–Trinajstić information content (AvgIpc) is 3.32. The maximum atomic E-state index is 13.5. The minimum atomic E-state index is -3.45. The first-order valence-electron chi connectivity index (χ1n) is 10.1. The predicted octanol–water partition coefficient (Wildman–Crippen LogP) is 5.10. The van der Waals surface area contributed by atoms with Crippen LogP contribution in [0.15, 0.2) is 52.1 Å². The summed E-state index contributed by atoms with van der Waals surface area (Å²) in [4.78, 5) is 17.5. The van der Waals surface area contributed by atoms with E-state index in [9.17, 15) is 13.2 Å². The molecular formula is C23H22Cl2N2O4S2. The van der Waals surface area contributed by atoms with Gasteiger partial charge in [0.2, 0.25) is 0 Å². The molecule has 174 valence electrons. The molecule has 3 aromatic rings. The lowest BCUT2D eigenvalue weighted by Gasteiger charge is -2.36. The smallest absolute Gasteiger partial charge is 0.254 e. The molecule has 4 rings (SSSR count). The summed E-state index contributed by atoms with van der Waals surface area (Å²) in [5, 5.41) is 4.73. The van der Waals surface area contributed by atoms with Crippen molar-refractivity contribution in [1.29, 1.82) is 0 Å². The maximum absolute atomic E-state index is 13.5. The van der Waals surface area contributed by atoms with Crippen molar-refractivity contribution < 1.29 is 17.9 Å². The Hall–Kier alpha value is -2.26. The molecule has 0 unspecified atom stereocenters. The van der Waals surface area contributed by atoms with Crippen LogP contribution in [-0.2, 0) is 9.84 Å². The number of methoxy groups -OCH3 is 1. The summed E-state index contributed by atoms with van der Waals surface area (Å²) in [6.07, 6.45) is 1.14. The summed E-state index contributed by atoms with van der Waals surface area (Å²) < 4.78 is 29.5. The Morgan fingerprint density at radius 2 is 1.70 bits per heavy atom. The van der Waals surface area contributed by atoms with Crippen LogP contribution in [0.3, 0.4) is 0 Å². The minimum Gasteiger partial charge on any atom is -0.494 e. The molecule has 0 N–H and O–H groups in total. The van der Waals surface area contributed by atoms with Crippen LogP contribution in [0, 0.1) is 0 Å². The highest BCUT2D eigenvalue weighted by Crippen LogP contribution is 2.37. The van der Waals surface area contributed by atoms with E-state index in [1.807, 2.05) is 16.8 Å². The molecule has 1 saturated heterocycles. The monoisotopic (exact) mass is 524 g/mol. The van der Waals surface area contributed by atoms with Crippen molar-refractivity contribution in [3.63, 3.8) is 0 Å². The highest BCUT2D eigenvalue weighted by molar-refractivity contribution is 7.90. The number of piperazine rings is 1. The molecular weight excluding hydrogens is 503 g/mol. The Morgan fingerprint density at radius 1 is 1.03 bits per heavy atom. The number of carbonyl (C=O) groups excluding carboxylic acids is 1. The lowest BCUT2D eigenvalue weighted by molar-refractivity contribution is 0.0747. The van der Waals surface area contributed by atoms with Crippen LogP contribution in [0.4, 0.5) is 5.69 Å². The Bertz CT molecular complexity index is 1260. The molecule has 2 aromatic carbocycles. The van der Waals surface area contributed by atoms with Gasteiger partial charge in [-0.05, 0) is 52.2 Å². The Labute approximate surface area is 207 Å². The van der Waals surface area contributed by atoms with Gasteiger partial charge in [-0.1, -0.05) is 29.3 Å². The van der Waals surface area contributed by atoms with Gasteiger partial charge in [0.1, 0.15) is 0 Å². The first kappa shape index (κ1) is 23.9. The van der Waals surface area contributed by atoms with E-state index in [-0.39, 0.29) is 10.8 Å². The molecule has 6 nitrogen and oxygen atoms in total. The summed E-state index contributed by atoms with van der Waals surface area (Å²) >= 11 is 14.1. The van der Waals surface area contributed by atoms with Gasteiger partial charge in [-0.3, -0.25) is 4.79 Å². The summed E-state index contributed by atoms with van der Waals surface area (Å²) in [6.45, 7) is 2.13. The van der Waals surface area contributed by atoms with Crippen molar-refractivity contribution in [2.45, 2.75) is 4.90 Å². The summed E-state index contributed by atoms with van der Waals surface area (Å²) in [5.74, 6) is 0.245. The second-order valence-corrected chi connectivity index (χ2v) is 11.3. The molecule has 0 spiro atoms. The molecule has 1 amide bonds. The molecule has 10 heteroatoms. The molecule has 0 radical (unpaired) electrons. The number of ether oxygens (including phenoxy) is 1. The molecule has 0 aliphatic carbocycles. The van der Waals surface area contributed by atoms with Gasteiger partial charge in [0, 0.05) is 43.7 Å². The lowest BCUT2D eigenvalue weighted by atomic mass is 10.0. The van der Waals surface area contributed by atoms with Gasteiger partial charge < -0.3 is 14.5 Å². The number of hydrogen-bond acceptors (Lipinski definition) is 6. The van der Waals surface area contributed by atoms with Gasteiger partial charge in [0.05, 0.1) is 22.1 Å². The fraction of sp³-hybridized carbons (Fsp3) is 0.261. The van der Waals surface area contributed by atoms with E-state index in [1.165, 1.54) is 24.5 Å². The normalized spacial score (nSPS) is 14.4. The van der Waals surface area contributed by atoms with Gasteiger partial charge in [-0.15, -0.1) is 0 Å². The van der Waals surface area contributed by atoms with Crippen LogP contribution in [0.1, 0.15) is 10.4 Å². The van der Waals surface area contributed by atoms with Crippen LogP contribution in [0.5, 0.6) is 5.75 Å². The zero-order valence-corrected chi connectivity index (χ0v) is 21.2. The Balaban J connectivity index is 1.58. The molecule has 1 aliphatic rings. The standard InChI is InChI=1S/C23H22Cl2N2O4S2/c1-31-22-20(24)11-16(12-21(22)25)26-6-8-27(9-7-26)23(28)19-13-17(33(2,29)30)3-4-18(19)15-5-10-32-14-15/h3-5,10-14H,6-9H2,1-2H3. The van der Waals surface area contributed by atoms with E-state index in [1.54, 1.807) is 29.2 Å². The Morgan fingerprint density at radius 3 is 2.24 bits per heavy atom. The van der Waals surface area contributed by atoms with Gasteiger partial charge in [0.25, 0.3) is 5.91 Å². The average molecular weight is 525 g/mol. The predicted molar refractivity (Wildman–Crippen MR) is 134 cm³/mol. The van der Waals surface area contributed by atoms with Crippen molar-refractivity contribution in [3.05, 3.63) is 62.8 Å². The molecule has 1 aromatic heterocycles. The Kier molecular flexibility index (Phi) is 6.91. The van der Waals surface area contributed by atoms with Crippen LogP contribution < -0.4 is 9.64 Å². The number of thiophene rings is 1. The van der Waals surface area contributed by atoms with Crippen LogP contribution in [0.25, 0.3) is 11.1 Å². The van der Waals surface area contributed by atoms with E-state index < -0.39 is 9.84 Å². The fourth-order valence-electron chi connectivity index (χ4n) is 3.86.